The van der Waals surface area contributed by atoms with Gasteiger partial charge in [0.05, 0.1) is 11.9 Å². The minimum absolute atomic E-state index is 0.798. The molecule has 0 aliphatic heterocycles. The van der Waals surface area contributed by atoms with Gasteiger partial charge in [-0.2, -0.15) is 0 Å². The van der Waals surface area contributed by atoms with Gasteiger partial charge in [0.25, 0.3) is 0 Å². The Morgan fingerprint density at radius 1 is 0.288 bits per heavy atom. The van der Waals surface area contributed by atoms with E-state index in [0.717, 1.165) is 79.0 Å². The summed E-state index contributed by atoms with van der Waals surface area (Å²) in [6.45, 7) is 0. The number of nitrogens with zero attached hydrogens (tertiary/aromatic N) is 5. The molecular formula is C47H33N5. The van der Waals surface area contributed by atoms with Crippen molar-refractivity contribution in [1.82, 2.24) is 24.3 Å². The van der Waals surface area contributed by atoms with E-state index < -0.39 is 0 Å². The highest BCUT2D eigenvalue weighted by Crippen LogP contribution is 2.35. The molecule has 7 aromatic carbocycles. The summed E-state index contributed by atoms with van der Waals surface area (Å²) in [7, 11) is 0. The summed E-state index contributed by atoms with van der Waals surface area (Å²) in [6, 6.07) is 67.4. The number of hydrogen-bond donors (Lipinski definition) is 0. The zero-order valence-corrected chi connectivity index (χ0v) is 28.3. The van der Waals surface area contributed by atoms with E-state index in [4.69, 9.17) is 4.98 Å². The molecule has 0 bridgehead atoms. The van der Waals surface area contributed by atoms with E-state index in [2.05, 4.69) is 165 Å². The van der Waals surface area contributed by atoms with E-state index in [-0.39, 0.29) is 0 Å². The topological polar surface area (TPSA) is 48.5 Å². The quantitative estimate of drug-likeness (QED) is 0.162. The Hall–Kier alpha value is -7.11. The first-order valence-corrected chi connectivity index (χ1v) is 17.4. The summed E-state index contributed by atoms with van der Waals surface area (Å²) in [5.74, 6) is 2.50. The molecule has 246 valence electrons. The summed E-state index contributed by atoms with van der Waals surface area (Å²) < 4.78 is 4.41. The first-order chi connectivity index (χ1) is 25.8. The van der Waals surface area contributed by atoms with Gasteiger partial charge in [-0.25, -0.2) is 4.98 Å². The molecule has 0 atom stereocenters. The van der Waals surface area contributed by atoms with Crippen LogP contribution in [0.15, 0.2) is 200 Å². The first kappa shape index (κ1) is 30.9. The van der Waals surface area contributed by atoms with E-state index in [1.165, 1.54) is 0 Å². The second-order valence-corrected chi connectivity index (χ2v) is 12.6. The van der Waals surface area contributed by atoms with Crippen LogP contribution in [0.1, 0.15) is 0 Å². The molecule has 52 heavy (non-hydrogen) atoms. The number of rotatable bonds is 8. The summed E-state index contributed by atoms with van der Waals surface area (Å²) in [5, 5.41) is 9.36. The Labute approximate surface area is 302 Å². The molecule has 0 spiro atoms. The fourth-order valence-electron chi connectivity index (χ4n) is 6.82. The highest BCUT2D eigenvalue weighted by molar-refractivity contribution is 5.77. The van der Waals surface area contributed by atoms with Crippen LogP contribution in [-0.2, 0) is 0 Å². The molecule has 5 heteroatoms. The second kappa shape index (κ2) is 13.7. The van der Waals surface area contributed by atoms with Gasteiger partial charge >= 0.3 is 0 Å². The number of aromatic nitrogens is 5. The number of imidazole rings is 1. The molecule has 0 unspecified atom stereocenters. The number of benzene rings is 7. The molecule has 0 aliphatic rings. The van der Waals surface area contributed by atoms with E-state index in [1.807, 2.05) is 54.7 Å². The molecule has 0 radical (unpaired) electrons. The predicted octanol–water partition coefficient (Wildman–Crippen LogP) is 11.5. The van der Waals surface area contributed by atoms with Crippen LogP contribution in [0.2, 0.25) is 0 Å². The molecule has 0 saturated heterocycles. The maximum Gasteiger partial charge on any atom is 0.168 e. The van der Waals surface area contributed by atoms with Gasteiger partial charge in [0.15, 0.2) is 11.6 Å². The Bertz CT molecular complexity index is 2310. The normalized spacial score (nSPS) is 11.1. The van der Waals surface area contributed by atoms with Crippen LogP contribution in [0, 0.1) is 0 Å². The summed E-state index contributed by atoms with van der Waals surface area (Å²) in [5.41, 5.74) is 11.8. The largest absolute Gasteiger partial charge is 0.292 e. The van der Waals surface area contributed by atoms with Crippen molar-refractivity contribution in [2.24, 2.45) is 0 Å². The van der Waals surface area contributed by atoms with E-state index in [0.29, 0.717) is 0 Å². The minimum atomic E-state index is 0.798. The molecular weight excluding hydrogens is 635 g/mol. The van der Waals surface area contributed by atoms with Crippen molar-refractivity contribution in [3.05, 3.63) is 200 Å². The van der Waals surface area contributed by atoms with Gasteiger partial charge in [0.2, 0.25) is 0 Å². The van der Waals surface area contributed by atoms with Crippen LogP contribution >= 0.6 is 0 Å². The summed E-state index contributed by atoms with van der Waals surface area (Å²) >= 11 is 0. The minimum Gasteiger partial charge on any atom is -0.292 e. The van der Waals surface area contributed by atoms with Crippen LogP contribution in [0.5, 0.6) is 0 Å². The Kier molecular flexibility index (Phi) is 8.12. The molecule has 2 heterocycles. The highest BCUT2D eigenvalue weighted by Gasteiger charge is 2.19. The lowest BCUT2D eigenvalue weighted by Gasteiger charge is -2.15. The lowest BCUT2D eigenvalue weighted by molar-refractivity contribution is 1.07. The van der Waals surface area contributed by atoms with Crippen LogP contribution in [-0.4, -0.2) is 24.3 Å². The SMILES string of the molecule is c1ccc(-c2cnc(-c3ccccc3)n2-c2cccc(-c3cccc(-c4cccc(-n5c(-c6ccccc6)nnc5-c5ccccc5)c4)c3)c2)cc1. The monoisotopic (exact) mass is 667 g/mol. The van der Waals surface area contributed by atoms with Gasteiger partial charge in [0, 0.05) is 33.6 Å². The van der Waals surface area contributed by atoms with E-state index >= 15 is 0 Å². The van der Waals surface area contributed by atoms with Crippen molar-refractivity contribution in [3.8, 4) is 79.0 Å². The molecule has 5 nitrogen and oxygen atoms in total. The summed E-state index contributed by atoms with van der Waals surface area (Å²) in [6.07, 6.45) is 1.97. The van der Waals surface area contributed by atoms with Crippen LogP contribution in [0.3, 0.4) is 0 Å². The maximum absolute atomic E-state index is 4.93. The fraction of sp³-hybridized carbons (Fsp3) is 0. The van der Waals surface area contributed by atoms with Gasteiger partial charge < -0.3 is 0 Å². The fourth-order valence-corrected chi connectivity index (χ4v) is 6.82. The molecule has 0 N–H and O–H groups in total. The zero-order valence-electron chi connectivity index (χ0n) is 28.3. The standard InChI is InChI=1S/C47H33N5/c1-5-16-34(17-6-1)44-33-48-45(35-18-7-2-8-19-35)51(44)42-28-14-26-40(31-42)38-24-13-25-39(30-38)41-27-15-29-43(32-41)52-46(36-20-9-3-10-21-36)49-50-47(52)37-22-11-4-12-23-37/h1-33H. The Morgan fingerprint density at radius 3 is 1.13 bits per heavy atom. The third kappa shape index (κ3) is 5.91. The summed E-state index contributed by atoms with van der Waals surface area (Å²) in [4.78, 5) is 4.93. The molecule has 2 aromatic heterocycles. The van der Waals surface area contributed by atoms with Crippen molar-refractivity contribution in [1.29, 1.82) is 0 Å². The van der Waals surface area contributed by atoms with E-state index in [9.17, 15) is 0 Å². The first-order valence-electron chi connectivity index (χ1n) is 17.4. The average Bonchev–Trinajstić information content (AvgIpc) is 3.89. The zero-order chi connectivity index (χ0) is 34.7. The van der Waals surface area contributed by atoms with Crippen molar-refractivity contribution in [3.63, 3.8) is 0 Å². The van der Waals surface area contributed by atoms with Gasteiger partial charge in [-0.05, 0) is 52.6 Å². The Morgan fingerprint density at radius 2 is 0.654 bits per heavy atom. The van der Waals surface area contributed by atoms with Gasteiger partial charge in [-0.3, -0.25) is 9.13 Å². The van der Waals surface area contributed by atoms with Crippen molar-refractivity contribution in [2.75, 3.05) is 0 Å². The average molecular weight is 668 g/mol. The van der Waals surface area contributed by atoms with Gasteiger partial charge in [0.1, 0.15) is 5.82 Å². The molecule has 9 rings (SSSR count). The predicted molar refractivity (Wildman–Crippen MR) is 211 cm³/mol. The third-order valence-electron chi connectivity index (χ3n) is 9.33. The highest BCUT2D eigenvalue weighted by atomic mass is 15.3. The lowest BCUT2D eigenvalue weighted by Crippen LogP contribution is -2.01. The maximum atomic E-state index is 4.93. The molecule has 0 fully saturated rings. The van der Waals surface area contributed by atoms with Crippen molar-refractivity contribution in [2.45, 2.75) is 0 Å². The van der Waals surface area contributed by atoms with Gasteiger partial charge in [-0.1, -0.05) is 164 Å². The van der Waals surface area contributed by atoms with Crippen LogP contribution in [0.25, 0.3) is 79.0 Å². The second-order valence-electron chi connectivity index (χ2n) is 12.6. The molecule has 0 amide bonds. The molecule has 9 aromatic rings. The van der Waals surface area contributed by atoms with Crippen LogP contribution in [0.4, 0.5) is 0 Å². The Balaban J connectivity index is 1.12. The third-order valence-corrected chi connectivity index (χ3v) is 9.33. The smallest absolute Gasteiger partial charge is 0.168 e. The molecule has 0 aliphatic carbocycles. The van der Waals surface area contributed by atoms with Gasteiger partial charge in [-0.15, -0.1) is 10.2 Å². The van der Waals surface area contributed by atoms with E-state index in [1.54, 1.807) is 0 Å². The lowest BCUT2D eigenvalue weighted by atomic mass is 9.98. The van der Waals surface area contributed by atoms with Crippen LogP contribution < -0.4 is 0 Å². The molecule has 0 saturated carbocycles. The van der Waals surface area contributed by atoms with Crippen molar-refractivity contribution < 1.29 is 0 Å². The van der Waals surface area contributed by atoms with Crippen molar-refractivity contribution >= 4 is 0 Å². The number of hydrogen-bond acceptors (Lipinski definition) is 3.